The summed E-state index contributed by atoms with van der Waals surface area (Å²) in [4.78, 5) is 24.4. The molecular formula is C19H17ClFN3O3. The van der Waals surface area contributed by atoms with Crippen molar-refractivity contribution in [1.29, 1.82) is 5.41 Å². The Morgan fingerprint density at radius 3 is 2.41 bits per heavy atom. The Bertz CT molecular complexity index is 911. The minimum Gasteiger partial charge on any atom is -0.454 e. The van der Waals surface area contributed by atoms with Crippen LogP contribution in [0.5, 0.6) is 0 Å². The number of hydrogen-bond acceptors (Lipinski definition) is 6. The second kappa shape index (κ2) is 8.95. The number of halogens is 2. The van der Waals surface area contributed by atoms with Crippen LogP contribution in [-0.4, -0.2) is 24.1 Å². The Balaban J connectivity index is 2.12. The minimum atomic E-state index is -0.935. The molecule has 0 bridgehead atoms. The number of carbonyl (C=O) groups is 2. The molecular weight excluding hydrogens is 373 g/mol. The van der Waals surface area contributed by atoms with Crippen molar-refractivity contribution in [1.82, 2.24) is 0 Å². The Kier molecular flexibility index (Phi) is 6.67. The number of hydrogen-bond donors (Lipinski definition) is 3. The number of nitrogens with two attached hydrogens (primary N) is 1. The highest BCUT2D eigenvalue weighted by Crippen LogP contribution is 2.16. The molecule has 0 saturated heterocycles. The number of Topliss-reactive ketones (excluding diaryl/α,β-unsaturated/α-hetero) is 1. The van der Waals surface area contributed by atoms with Gasteiger partial charge in [0.2, 0.25) is 5.78 Å². The van der Waals surface area contributed by atoms with Crippen molar-refractivity contribution in [3.05, 3.63) is 76.3 Å². The number of carbonyl (C=O) groups excluding carboxylic acids is 2. The third kappa shape index (κ3) is 5.39. The molecule has 0 atom stereocenters. The molecule has 140 valence electrons. The van der Waals surface area contributed by atoms with Gasteiger partial charge in [-0.15, -0.1) is 0 Å². The van der Waals surface area contributed by atoms with Gasteiger partial charge in [-0.2, -0.15) is 0 Å². The molecule has 0 radical (unpaired) electrons. The van der Waals surface area contributed by atoms with Crippen LogP contribution in [0.4, 0.5) is 10.1 Å². The van der Waals surface area contributed by atoms with E-state index in [4.69, 9.17) is 27.5 Å². The van der Waals surface area contributed by atoms with Gasteiger partial charge < -0.3 is 21.2 Å². The highest BCUT2D eigenvalue weighted by molar-refractivity contribution is 6.34. The van der Waals surface area contributed by atoms with E-state index < -0.39 is 24.2 Å². The fourth-order valence-corrected chi connectivity index (χ4v) is 2.43. The van der Waals surface area contributed by atoms with E-state index in [1.54, 1.807) is 18.2 Å². The van der Waals surface area contributed by atoms with Gasteiger partial charge in [0.1, 0.15) is 17.2 Å². The molecule has 27 heavy (non-hydrogen) atoms. The molecule has 4 N–H and O–H groups in total. The van der Waals surface area contributed by atoms with Gasteiger partial charge in [0.15, 0.2) is 6.61 Å². The molecule has 2 rings (SSSR count). The summed E-state index contributed by atoms with van der Waals surface area (Å²) in [5.74, 6) is -2.00. The van der Waals surface area contributed by atoms with Crippen molar-refractivity contribution >= 4 is 34.8 Å². The normalized spacial score (nSPS) is 11.4. The number of ketones is 1. The fraction of sp³-hybridized carbons (Fsp3) is 0.105. The SMILES string of the molecule is CC(=N)/C(C(=O)OCC(=O)c1ccccc1Cl)=C(/N)Nc1ccc(F)cc1. The molecule has 0 amide bonds. The maximum Gasteiger partial charge on any atom is 0.344 e. The summed E-state index contributed by atoms with van der Waals surface area (Å²) in [7, 11) is 0. The molecule has 0 heterocycles. The smallest absolute Gasteiger partial charge is 0.344 e. The van der Waals surface area contributed by atoms with Crippen molar-refractivity contribution in [2.45, 2.75) is 6.92 Å². The molecule has 0 saturated carbocycles. The molecule has 0 unspecified atom stereocenters. The summed E-state index contributed by atoms with van der Waals surface area (Å²) in [6.45, 7) is 0.800. The second-order valence-electron chi connectivity index (χ2n) is 5.52. The maximum absolute atomic E-state index is 13.0. The molecule has 0 aliphatic heterocycles. The molecule has 2 aromatic carbocycles. The van der Waals surface area contributed by atoms with E-state index in [1.165, 1.54) is 37.3 Å². The number of esters is 1. The van der Waals surface area contributed by atoms with Gasteiger partial charge in [0, 0.05) is 17.0 Å². The van der Waals surface area contributed by atoms with Gasteiger partial charge in [-0.05, 0) is 43.3 Å². The summed E-state index contributed by atoms with van der Waals surface area (Å²) in [6, 6.07) is 11.7. The lowest BCUT2D eigenvalue weighted by Crippen LogP contribution is -2.25. The fourth-order valence-electron chi connectivity index (χ4n) is 2.18. The molecule has 6 nitrogen and oxygen atoms in total. The molecule has 0 spiro atoms. The molecule has 0 aliphatic rings. The minimum absolute atomic E-state index is 0.149. The van der Waals surface area contributed by atoms with Crippen LogP contribution in [0, 0.1) is 11.2 Å². The van der Waals surface area contributed by atoms with Crippen LogP contribution in [0.15, 0.2) is 59.9 Å². The van der Waals surface area contributed by atoms with E-state index in [0.717, 1.165) is 0 Å². The van der Waals surface area contributed by atoms with Gasteiger partial charge in [-0.25, -0.2) is 9.18 Å². The number of anilines is 1. The number of nitrogens with one attached hydrogen (secondary N) is 2. The summed E-state index contributed by atoms with van der Waals surface area (Å²) in [5.41, 5.74) is 6.12. The van der Waals surface area contributed by atoms with E-state index in [-0.39, 0.29) is 27.7 Å². The van der Waals surface area contributed by atoms with Crippen molar-refractivity contribution in [2.75, 3.05) is 11.9 Å². The summed E-state index contributed by atoms with van der Waals surface area (Å²) in [5, 5.41) is 10.7. The summed E-state index contributed by atoms with van der Waals surface area (Å²) >= 11 is 5.94. The highest BCUT2D eigenvalue weighted by atomic mass is 35.5. The van der Waals surface area contributed by atoms with E-state index in [9.17, 15) is 14.0 Å². The van der Waals surface area contributed by atoms with Crippen molar-refractivity contribution in [2.24, 2.45) is 5.73 Å². The van der Waals surface area contributed by atoms with Gasteiger partial charge in [-0.3, -0.25) is 4.79 Å². The molecule has 8 heteroatoms. The Morgan fingerprint density at radius 1 is 1.19 bits per heavy atom. The third-order valence-electron chi connectivity index (χ3n) is 3.48. The van der Waals surface area contributed by atoms with Crippen LogP contribution in [-0.2, 0) is 9.53 Å². The van der Waals surface area contributed by atoms with E-state index >= 15 is 0 Å². The van der Waals surface area contributed by atoms with Gasteiger partial charge in [-0.1, -0.05) is 23.7 Å². The number of ether oxygens (including phenoxy) is 1. The van der Waals surface area contributed by atoms with Crippen LogP contribution in [0.3, 0.4) is 0 Å². The average Bonchev–Trinajstić information content (AvgIpc) is 2.62. The van der Waals surface area contributed by atoms with Crippen molar-refractivity contribution < 1.29 is 18.7 Å². The third-order valence-corrected chi connectivity index (χ3v) is 3.81. The Hall–Kier alpha value is -3.19. The first-order valence-electron chi connectivity index (χ1n) is 7.82. The predicted octanol–water partition coefficient (Wildman–Crippen LogP) is 3.53. The topological polar surface area (TPSA) is 105 Å². The molecule has 0 fully saturated rings. The second-order valence-corrected chi connectivity index (χ2v) is 5.93. The van der Waals surface area contributed by atoms with Crippen LogP contribution in [0.2, 0.25) is 5.02 Å². The quantitative estimate of drug-likeness (QED) is 0.291. The lowest BCUT2D eigenvalue weighted by Gasteiger charge is -2.13. The Labute approximate surface area is 160 Å². The lowest BCUT2D eigenvalue weighted by molar-refractivity contribution is -0.137. The van der Waals surface area contributed by atoms with Gasteiger partial charge >= 0.3 is 5.97 Å². The van der Waals surface area contributed by atoms with Crippen LogP contribution >= 0.6 is 11.6 Å². The van der Waals surface area contributed by atoms with Crippen LogP contribution in [0.1, 0.15) is 17.3 Å². The van der Waals surface area contributed by atoms with Crippen LogP contribution < -0.4 is 11.1 Å². The van der Waals surface area contributed by atoms with Crippen molar-refractivity contribution in [3.63, 3.8) is 0 Å². The average molecular weight is 390 g/mol. The van der Waals surface area contributed by atoms with Crippen molar-refractivity contribution in [3.8, 4) is 0 Å². The monoisotopic (exact) mass is 389 g/mol. The van der Waals surface area contributed by atoms with E-state index in [1.807, 2.05) is 0 Å². The largest absolute Gasteiger partial charge is 0.454 e. The zero-order valence-corrected chi connectivity index (χ0v) is 15.1. The number of benzene rings is 2. The first-order valence-corrected chi connectivity index (χ1v) is 8.20. The molecule has 0 aromatic heterocycles. The predicted molar refractivity (Wildman–Crippen MR) is 101 cm³/mol. The lowest BCUT2D eigenvalue weighted by atomic mass is 10.1. The highest BCUT2D eigenvalue weighted by Gasteiger charge is 2.20. The summed E-state index contributed by atoms with van der Waals surface area (Å²) < 4.78 is 18.0. The zero-order valence-electron chi connectivity index (χ0n) is 14.4. The van der Waals surface area contributed by atoms with E-state index in [2.05, 4.69) is 5.32 Å². The maximum atomic E-state index is 13.0. The molecule has 0 aliphatic carbocycles. The zero-order chi connectivity index (χ0) is 20.0. The first-order chi connectivity index (χ1) is 12.8. The Morgan fingerprint density at radius 2 is 1.81 bits per heavy atom. The first kappa shape index (κ1) is 20.1. The number of rotatable bonds is 7. The standard InChI is InChI=1S/C19H17ClFN3O3/c1-11(22)17(18(23)24-13-8-6-12(21)7-9-13)19(26)27-10-16(25)14-4-2-3-5-15(14)20/h2-9,22,24H,10,23H2,1H3/b18-17+,22-11?. The van der Waals surface area contributed by atoms with E-state index in [0.29, 0.717) is 5.69 Å². The van der Waals surface area contributed by atoms with Gasteiger partial charge in [0.05, 0.1) is 5.02 Å². The summed E-state index contributed by atoms with van der Waals surface area (Å²) in [6.07, 6.45) is 0. The van der Waals surface area contributed by atoms with Crippen LogP contribution in [0.25, 0.3) is 0 Å². The van der Waals surface area contributed by atoms with Gasteiger partial charge in [0.25, 0.3) is 0 Å². The molecule has 2 aromatic rings.